The van der Waals surface area contributed by atoms with Crippen molar-refractivity contribution in [3.05, 3.63) is 11.1 Å². The van der Waals surface area contributed by atoms with E-state index in [1.54, 1.807) is 0 Å². The zero-order valence-corrected chi connectivity index (χ0v) is 9.68. The predicted molar refractivity (Wildman–Crippen MR) is 59.0 cm³/mol. The summed E-state index contributed by atoms with van der Waals surface area (Å²) in [7, 11) is 0. The van der Waals surface area contributed by atoms with Gasteiger partial charge in [-0.3, -0.25) is 4.90 Å². The lowest BCUT2D eigenvalue weighted by atomic mass is 9.95. The van der Waals surface area contributed by atoms with Gasteiger partial charge in [0.15, 0.2) is 0 Å². The van der Waals surface area contributed by atoms with Crippen molar-refractivity contribution >= 4 is 15.9 Å². The van der Waals surface area contributed by atoms with E-state index in [1.807, 2.05) is 0 Å². The zero-order valence-electron chi connectivity index (χ0n) is 8.09. The summed E-state index contributed by atoms with van der Waals surface area (Å²) in [4.78, 5) is 2.53. The molecule has 0 saturated carbocycles. The Labute approximate surface area is 88.5 Å². The summed E-state index contributed by atoms with van der Waals surface area (Å²) in [5, 5.41) is 3.47. The van der Waals surface area contributed by atoms with Crippen LogP contribution < -0.4 is 5.32 Å². The summed E-state index contributed by atoms with van der Waals surface area (Å²) in [6.07, 6.45) is 0. The third kappa shape index (κ3) is 1.83. The molecule has 0 bridgehead atoms. The number of hydrogen-bond donors (Lipinski definition) is 1. The summed E-state index contributed by atoms with van der Waals surface area (Å²) >= 11 is 3.44. The smallest absolute Gasteiger partial charge is 0.0296 e. The van der Waals surface area contributed by atoms with E-state index in [4.69, 9.17) is 0 Å². The first-order valence-corrected chi connectivity index (χ1v) is 5.76. The fourth-order valence-corrected chi connectivity index (χ4v) is 3.01. The molecule has 0 aliphatic carbocycles. The van der Waals surface area contributed by atoms with Crippen LogP contribution in [0.25, 0.3) is 0 Å². The van der Waals surface area contributed by atoms with Crippen LogP contribution in [-0.4, -0.2) is 37.1 Å². The number of likely N-dealkylation sites (tertiary alicyclic amines) is 1. The van der Waals surface area contributed by atoms with Gasteiger partial charge >= 0.3 is 0 Å². The number of hydrogen-bond acceptors (Lipinski definition) is 2. The molecule has 0 spiro atoms. The molecule has 3 heteroatoms. The lowest BCUT2D eigenvalue weighted by Gasteiger charge is -2.23. The van der Waals surface area contributed by atoms with Crippen LogP contribution >= 0.6 is 15.9 Å². The van der Waals surface area contributed by atoms with Crippen LogP contribution in [0.15, 0.2) is 11.1 Å². The van der Waals surface area contributed by atoms with Crippen LogP contribution in [0.2, 0.25) is 0 Å². The van der Waals surface area contributed by atoms with Crippen LogP contribution in [0.3, 0.4) is 0 Å². The summed E-state index contributed by atoms with van der Waals surface area (Å²) < 4.78 is 1.10. The number of nitrogens with zero attached hydrogens (tertiary/aromatic N) is 1. The molecule has 2 heterocycles. The molecular formula is C10H17BrN2. The number of halogens is 1. The van der Waals surface area contributed by atoms with Crippen molar-refractivity contribution in [2.24, 2.45) is 11.8 Å². The topological polar surface area (TPSA) is 15.3 Å². The highest BCUT2D eigenvalue weighted by molar-refractivity contribution is 9.11. The molecule has 0 radical (unpaired) electrons. The Morgan fingerprint density at radius 3 is 3.00 bits per heavy atom. The van der Waals surface area contributed by atoms with Gasteiger partial charge in [0.1, 0.15) is 0 Å². The summed E-state index contributed by atoms with van der Waals surface area (Å²) in [5.41, 5.74) is 0. The quantitative estimate of drug-likeness (QED) is 0.791. The van der Waals surface area contributed by atoms with Crippen molar-refractivity contribution in [3.8, 4) is 0 Å². The molecule has 1 N–H and O–H groups in total. The lowest BCUT2D eigenvalue weighted by Crippen LogP contribution is -2.33. The second-order valence-corrected chi connectivity index (χ2v) is 5.39. The molecule has 0 amide bonds. The van der Waals surface area contributed by atoms with Gasteiger partial charge < -0.3 is 5.32 Å². The third-order valence-electron chi connectivity index (χ3n) is 3.43. The summed E-state index contributed by atoms with van der Waals surface area (Å²) in [5.74, 6) is 1.74. The highest BCUT2D eigenvalue weighted by Crippen LogP contribution is 2.32. The molecule has 2 aliphatic heterocycles. The van der Waals surface area contributed by atoms with Crippen LogP contribution in [0.5, 0.6) is 0 Å². The molecule has 3 unspecified atom stereocenters. The van der Waals surface area contributed by atoms with Crippen molar-refractivity contribution in [2.75, 3.05) is 26.2 Å². The monoisotopic (exact) mass is 244 g/mol. The molecule has 2 aliphatic rings. The Bertz CT molecular complexity index is 217. The molecule has 2 nitrogen and oxygen atoms in total. The Hall–Kier alpha value is 0.140. The number of nitrogens with one attached hydrogen (secondary N) is 1. The maximum atomic E-state index is 3.91. The molecule has 0 aromatic carbocycles. The van der Waals surface area contributed by atoms with E-state index in [9.17, 15) is 0 Å². The SMILES string of the molecule is C=C(Br)CN1CC2CNCC2C1C. The fourth-order valence-electron chi connectivity index (χ4n) is 2.68. The van der Waals surface area contributed by atoms with Crippen molar-refractivity contribution in [1.82, 2.24) is 10.2 Å². The van der Waals surface area contributed by atoms with E-state index < -0.39 is 0 Å². The van der Waals surface area contributed by atoms with Crippen molar-refractivity contribution < 1.29 is 0 Å². The molecule has 2 fully saturated rings. The molecule has 0 aromatic heterocycles. The average Bonchev–Trinajstić information content (AvgIpc) is 2.56. The Morgan fingerprint density at radius 2 is 2.38 bits per heavy atom. The molecule has 2 saturated heterocycles. The standard InChI is InChI=1S/C10H17BrN2/c1-7(11)5-13-6-9-3-12-4-10(9)8(13)2/h8-10,12H,1,3-6H2,2H3. The lowest BCUT2D eigenvalue weighted by molar-refractivity contribution is 0.263. The normalized spacial score (nSPS) is 39.4. The number of rotatable bonds is 2. The van der Waals surface area contributed by atoms with E-state index in [2.05, 4.69) is 39.6 Å². The van der Waals surface area contributed by atoms with Gasteiger partial charge in [-0.2, -0.15) is 0 Å². The van der Waals surface area contributed by atoms with E-state index in [0.29, 0.717) is 6.04 Å². The zero-order chi connectivity index (χ0) is 9.42. The first-order valence-electron chi connectivity index (χ1n) is 4.96. The minimum Gasteiger partial charge on any atom is -0.316 e. The maximum Gasteiger partial charge on any atom is 0.0296 e. The second-order valence-electron chi connectivity index (χ2n) is 4.27. The molecule has 2 rings (SSSR count). The Kier molecular flexibility index (Phi) is 2.77. The summed E-state index contributed by atoms with van der Waals surface area (Å²) in [6, 6.07) is 0.717. The third-order valence-corrected chi connectivity index (χ3v) is 3.68. The van der Waals surface area contributed by atoms with E-state index in [0.717, 1.165) is 22.9 Å². The van der Waals surface area contributed by atoms with E-state index >= 15 is 0 Å². The van der Waals surface area contributed by atoms with Gasteiger partial charge in [-0.25, -0.2) is 0 Å². The van der Waals surface area contributed by atoms with Crippen LogP contribution in [0, 0.1) is 11.8 Å². The van der Waals surface area contributed by atoms with E-state index in [-0.39, 0.29) is 0 Å². The van der Waals surface area contributed by atoms with Gasteiger partial charge in [0.2, 0.25) is 0 Å². The van der Waals surface area contributed by atoms with Crippen molar-refractivity contribution in [1.29, 1.82) is 0 Å². The average molecular weight is 245 g/mol. The molecule has 74 valence electrons. The first kappa shape index (κ1) is 9.69. The van der Waals surface area contributed by atoms with Crippen molar-refractivity contribution in [3.63, 3.8) is 0 Å². The first-order chi connectivity index (χ1) is 6.18. The van der Waals surface area contributed by atoms with Gasteiger partial charge in [-0.15, -0.1) is 0 Å². The highest BCUT2D eigenvalue weighted by atomic mass is 79.9. The minimum atomic E-state index is 0.717. The van der Waals surface area contributed by atoms with Gasteiger partial charge in [0.25, 0.3) is 0 Å². The minimum absolute atomic E-state index is 0.717. The number of fused-ring (bicyclic) bond motifs is 1. The van der Waals surface area contributed by atoms with E-state index in [1.165, 1.54) is 19.6 Å². The predicted octanol–water partition coefficient (Wildman–Crippen LogP) is 1.43. The molecular weight excluding hydrogens is 228 g/mol. The van der Waals surface area contributed by atoms with Gasteiger partial charge in [0, 0.05) is 23.6 Å². The van der Waals surface area contributed by atoms with Gasteiger partial charge in [-0.05, 0) is 31.8 Å². The van der Waals surface area contributed by atoms with Crippen molar-refractivity contribution in [2.45, 2.75) is 13.0 Å². The Balaban J connectivity index is 1.98. The molecule has 0 aromatic rings. The Morgan fingerprint density at radius 1 is 1.62 bits per heavy atom. The largest absolute Gasteiger partial charge is 0.316 e. The maximum absolute atomic E-state index is 3.91. The van der Waals surface area contributed by atoms with Crippen LogP contribution in [-0.2, 0) is 0 Å². The van der Waals surface area contributed by atoms with Crippen LogP contribution in [0.1, 0.15) is 6.92 Å². The summed E-state index contributed by atoms with van der Waals surface area (Å²) in [6.45, 7) is 10.9. The fraction of sp³-hybridized carbons (Fsp3) is 0.800. The molecule has 3 atom stereocenters. The highest BCUT2D eigenvalue weighted by Gasteiger charge is 2.41. The van der Waals surface area contributed by atoms with Gasteiger partial charge in [-0.1, -0.05) is 22.5 Å². The molecule has 13 heavy (non-hydrogen) atoms. The second kappa shape index (κ2) is 3.71. The van der Waals surface area contributed by atoms with Crippen LogP contribution in [0.4, 0.5) is 0 Å². The van der Waals surface area contributed by atoms with Gasteiger partial charge in [0.05, 0.1) is 0 Å².